The standard InChI is InChI=1S/C42H58N6O6/c1-29(2)37(43-27-36(49)48-23-21-47(5)22-24-48)40(51)44-34(25-31-15-9-6-10-16-31)39(50)35(26-32-17-11-7-12-18-32)45-41(52)38(30(3)4)46-42(53)54-28-33-19-13-8-14-20-33/h6-20,29-30,34-35,37-39,43,50H,21-28H2,1-5H3,(H,44,51)(H,45,52)(H,46,53)/t34?,35?,37-,38-,39?/m0/s1. The maximum atomic E-state index is 14.0. The van der Waals surface area contributed by atoms with Crippen LogP contribution < -0.4 is 21.3 Å². The van der Waals surface area contributed by atoms with Crippen molar-refractivity contribution in [3.05, 3.63) is 108 Å². The van der Waals surface area contributed by atoms with E-state index in [-0.39, 0.29) is 49.6 Å². The van der Waals surface area contributed by atoms with Crippen molar-refractivity contribution >= 4 is 23.8 Å². The second kappa shape index (κ2) is 21.2. The van der Waals surface area contributed by atoms with Gasteiger partial charge < -0.3 is 35.6 Å². The SMILES string of the molecule is CC(C)[C@H](NCC(=O)N1CCN(C)CC1)C(=O)NC(Cc1ccccc1)C(O)C(Cc1ccccc1)NC(=O)[C@@H](NC(=O)OCc1ccccc1)C(C)C. The molecule has 0 bridgehead atoms. The number of piperazine rings is 1. The second-order valence-electron chi connectivity index (χ2n) is 14.8. The van der Waals surface area contributed by atoms with Crippen LogP contribution in [0.4, 0.5) is 4.79 Å². The molecule has 1 heterocycles. The zero-order chi connectivity index (χ0) is 39.0. The van der Waals surface area contributed by atoms with Crippen molar-refractivity contribution in [3.63, 3.8) is 0 Å². The summed E-state index contributed by atoms with van der Waals surface area (Å²) in [6, 6.07) is 24.9. The van der Waals surface area contributed by atoms with Gasteiger partial charge in [0, 0.05) is 26.2 Å². The number of alkyl carbamates (subject to hydrolysis) is 1. The Morgan fingerprint density at radius 1 is 0.648 bits per heavy atom. The first-order valence-electron chi connectivity index (χ1n) is 18.9. The molecule has 0 spiro atoms. The maximum absolute atomic E-state index is 14.0. The highest BCUT2D eigenvalue weighted by atomic mass is 16.5. The van der Waals surface area contributed by atoms with Gasteiger partial charge in [0.1, 0.15) is 12.6 Å². The van der Waals surface area contributed by atoms with Crippen molar-refractivity contribution in [2.24, 2.45) is 11.8 Å². The number of amides is 4. The van der Waals surface area contributed by atoms with Crippen LogP contribution in [0, 0.1) is 11.8 Å². The highest BCUT2D eigenvalue weighted by Gasteiger charge is 2.35. The normalized spacial score (nSPS) is 16.2. The molecule has 0 aliphatic carbocycles. The lowest BCUT2D eigenvalue weighted by Gasteiger charge is -2.35. The summed E-state index contributed by atoms with van der Waals surface area (Å²) in [7, 11) is 2.03. The van der Waals surface area contributed by atoms with Crippen LogP contribution >= 0.6 is 0 Å². The molecule has 1 aliphatic rings. The van der Waals surface area contributed by atoms with Crippen LogP contribution in [-0.2, 0) is 38.6 Å². The number of aliphatic hydroxyl groups is 1. The first kappa shape index (κ1) is 42.0. The number of carbonyl (C=O) groups excluding carboxylic acids is 4. The van der Waals surface area contributed by atoms with E-state index in [9.17, 15) is 24.3 Å². The van der Waals surface area contributed by atoms with Gasteiger partial charge in [0.25, 0.3) is 0 Å². The van der Waals surface area contributed by atoms with Crippen LogP contribution in [0.1, 0.15) is 44.4 Å². The number of hydrogen-bond donors (Lipinski definition) is 5. The Bertz CT molecular complexity index is 1600. The predicted octanol–water partition coefficient (Wildman–Crippen LogP) is 3.14. The molecular formula is C42H58N6O6. The third kappa shape index (κ3) is 13.3. The number of hydrogen-bond acceptors (Lipinski definition) is 8. The van der Waals surface area contributed by atoms with Gasteiger partial charge in [0.15, 0.2) is 0 Å². The number of benzene rings is 3. The zero-order valence-electron chi connectivity index (χ0n) is 32.2. The summed E-state index contributed by atoms with van der Waals surface area (Å²) in [6.07, 6.45) is -1.46. The number of likely N-dealkylation sites (N-methyl/N-ethyl adjacent to an activating group) is 1. The van der Waals surface area contributed by atoms with Gasteiger partial charge in [0.2, 0.25) is 17.7 Å². The van der Waals surface area contributed by atoms with Gasteiger partial charge >= 0.3 is 6.09 Å². The highest BCUT2D eigenvalue weighted by molar-refractivity contribution is 5.86. The largest absolute Gasteiger partial charge is 0.445 e. The van der Waals surface area contributed by atoms with Crippen LogP contribution in [0.25, 0.3) is 0 Å². The number of aliphatic hydroxyl groups excluding tert-OH is 1. The van der Waals surface area contributed by atoms with E-state index >= 15 is 0 Å². The first-order chi connectivity index (χ1) is 25.9. The lowest BCUT2D eigenvalue weighted by Crippen LogP contribution is -2.61. The Morgan fingerprint density at radius 2 is 1.09 bits per heavy atom. The lowest BCUT2D eigenvalue weighted by molar-refractivity contribution is -0.132. The molecule has 3 aromatic rings. The molecule has 4 amide bonds. The van der Waals surface area contributed by atoms with Crippen molar-refractivity contribution < 1.29 is 29.0 Å². The molecule has 292 valence electrons. The Hall–Kier alpha value is -4.78. The lowest BCUT2D eigenvalue weighted by atomic mass is 9.91. The van der Waals surface area contributed by atoms with E-state index in [1.54, 1.807) is 0 Å². The number of nitrogens with one attached hydrogen (secondary N) is 4. The van der Waals surface area contributed by atoms with Gasteiger partial charge in [-0.25, -0.2) is 4.79 Å². The van der Waals surface area contributed by atoms with Gasteiger partial charge in [0.05, 0.1) is 30.8 Å². The van der Waals surface area contributed by atoms with Crippen LogP contribution in [0.3, 0.4) is 0 Å². The van der Waals surface area contributed by atoms with E-state index in [1.165, 1.54) is 0 Å². The van der Waals surface area contributed by atoms with Gasteiger partial charge in [-0.15, -0.1) is 0 Å². The summed E-state index contributed by atoms with van der Waals surface area (Å²) in [6.45, 7) is 10.4. The molecule has 1 fully saturated rings. The minimum Gasteiger partial charge on any atom is -0.445 e. The topological polar surface area (TPSA) is 152 Å². The van der Waals surface area contributed by atoms with E-state index in [0.717, 1.165) is 29.8 Å². The van der Waals surface area contributed by atoms with Crippen LogP contribution in [0.5, 0.6) is 0 Å². The summed E-state index contributed by atoms with van der Waals surface area (Å²) in [5.41, 5.74) is 2.56. The Morgan fingerprint density at radius 3 is 1.56 bits per heavy atom. The summed E-state index contributed by atoms with van der Waals surface area (Å²) < 4.78 is 5.41. The van der Waals surface area contributed by atoms with Crippen molar-refractivity contribution in [1.29, 1.82) is 0 Å². The minimum absolute atomic E-state index is 0.00987. The minimum atomic E-state index is -1.25. The molecule has 0 aromatic heterocycles. The van der Waals surface area contributed by atoms with E-state index in [2.05, 4.69) is 26.2 Å². The van der Waals surface area contributed by atoms with Crippen LogP contribution in [-0.4, -0.2) is 109 Å². The quantitative estimate of drug-likeness (QED) is 0.133. The molecule has 3 unspecified atom stereocenters. The summed E-state index contributed by atoms with van der Waals surface area (Å²) in [5, 5.41) is 24.2. The van der Waals surface area contributed by atoms with Crippen LogP contribution in [0.2, 0.25) is 0 Å². The van der Waals surface area contributed by atoms with Gasteiger partial charge in [-0.1, -0.05) is 119 Å². The molecule has 0 radical (unpaired) electrons. The van der Waals surface area contributed by atoms with Crippen molar-refractivity contribution in [1.82, 2.24) is 31.1 Å². The van der Waals surface area contributed by atoms with E-state index < -0.39 is 42.3 Å². The molecule has 5 atom stereocenters. The van der Waals surface area contributed by atoms with Gasteiger partial charge in [-0.2, -0.15) is 0 Å². The fourth-order valence-corrected chi connectivity index (χ4v) is 6.50. The number of carbonyl (C=O) groups is 4. The summed E-state index contributed by atoms with van der Waals surface area (Å²) in [5.74, 6) is -1.39. The Kier molecular flexibility index (Phi) is 16.5. The molecule has 12 nitrogen and oxygen atoms in total. The summed E-state index contributed by atoms with van der Waals surface area (Å²) >= 11 is 0. The van der Waals surface area contributed by atoms with Gasteiger partial charge in [-0.05, 0) is 48.4 Å². The second-order valence-corrected chi connectivity index (χ2v) is 14.8. The Balaban J connectivity index is 1.53. The average molecular weight is 743 g/mol. The molecule has 1 aliphatic heterocycles. The van der Waals surface area contributed by atoms with E-state index in [1.807, 2.05) is 131 Å². The zero-order valence-corrected chi connectivity index (χ0v) is 32.2. The third-order valence-electron chi connectivity index (χ3n) is 9.79. The highest BCUT2D eigenvalue weighted by Crippen LogP contribution is 2.16. The summed E-state index contributed by atoms with van der Waals surface area (Å²) in [4.78, 5) is 57.9. The van der Waals surface area contributed by atoms with Crippen molar-refractivity contribution in [2.45, 2.75) is 77.4 Å². The molecule has 4 rings (SSSR count). The third-order valence-corrected chi connectivity index (χ3v) is 9.79. The fourth-order valence-electron chi connectivity index (χ4n) is 6.50. The first-order valence-corrected chi connectivity index (χ1v) is 18.9. The molecule has 0 saturated carbocycles. The molecule has 1 saturated heterocycles. The van der Waals surface area contributed by atoms with Gasteiger partial charge in [-0.3, -0.25) is 19.7 Å². The number of ether oxygens (including phenoxy) is 1. The number of rotatable bonds is 18. The number of nitrogens with zero attached hydrogens (tertiary/aromatic N) is 2. The maximum Gasteiger partial charge on any atom is 0.408 e. The average Bonchev–Trinajstić information content (AvgIpc) is 3.16. The smallest absolute Gasteiger partial charge is 0.408 e. The monoisotopic (exact) mass is 742 g/mol. The molecule has 5 N–H and O–H groups in total. The fraction of sp³-hybridized carbons (Fsp3) is 0.476. The van der Waals surface area contributed by atoms with E-state index in [0.29, 0.717) is 13.1 Å². The van der Waals surface area contributed by atoms with Crippen LogP contribution in [0.15, 0.2) is 91.0 Å². The van der Waals surface area contributed by atoms with E-state index in [4.69, 9.17) is 4.74 Å². The van der Waals surface area contributed by atoms with Crippen molar-refractivity contribution in [3.8, 4) is 0 Å². The van der Waals surface area contributed by atoms with Crippen molar-refractivity contribution in [2.75, 3.05) is 39.8 Å². The predicted molar refractivity (Wildman–Crippen MR) is 209 cm³/mol. The Labute approximate surface area is 320 Å². The molecule has 12 heteroatoms. The molecular weight excluding hydrogens is 684 g/mol. The molecule has 54 heavy (non-hydrogen) atoms. The molecule has 3 aromatic carbocycles.